The van der Waals surface area contributed by atoms with Crippen molar-refractivity contribution < 1.29 is 0 Å². The van der Waals surface area contributed by atoms with Gasteiger partial charge < -0.3 is 5.32 Å². The molecule has 0 aromatic carbocycles. The van der Waals surface area contributed by atoms with E-state index < -0.39 is 0 Å². The third kappa shape index (κ3) is 3.08. The molecule has 0 saturated heterocycles. The van der Waals surface area contributed by atoms with E-state index in [1.54, 1.807) is 11.3 Å². The largest absolute Gasteiger partial charge is 0.308 e. The third-order valence-electron chi connectivity index (χ3n) is 2.64. The molecular formula is C11H16N4S2. The fourth-order valence-electron chi connectivity index (χ4n) is 1.65. The Balaban J connectivity index is 2.13. The highest BCUT2D eigenvalue weighted by molar-refractivity contribution is 7.11. The number of hydrogen-bond acceptors (Lipinski definition) is 6. The summed E-state index contributed by atoms with van der Waals surface area (Å²) >= 11 is 3.03. The quantitative estimate of drug-likeness (QED) is 0.905. The summed E-state index contributed by atoms with van der Waals surface area (Å²) < 4.78 is 8.37. The highest BCUT2D eigenvalue weighted by atomic mass is 32.1. The van der Waals surface area contributed by atoms with E-state index >= 15 is 0 Å². The molecule has 0 aliphatic rings. The molecule has 0 amide bonds. The van der Waals surface area contributed by atoms with Crippen molar-refractivity contribution in [3.63, 3.8) is 0 Å². The lowest BCUT2D eigenvalue weighted by molar-refractivity contribution is 0.539. The summed E-state index contributed by atoms with van der Waals surface area (Å²) in [5.41, 5.74) is 2.15. The Morgan fingerprint density at radius 1 is 1.41 bits per heavy atom. The molecule has 0 bridgehead atoms. The lowest BCUT2D eigenvalue weighted by atomic mass is 10.1. The van der Waals surface area contributed by atoms with Crippen LogP contribution < -0.4 is 5.32 Å². The molecule has 2 heterocycles. The molecule has 1 unspecified atom stereocenters. The molecular weight excluding hydrogens is 252 g/mol. The summed E-state index contributed by atoms with van der Waals surface area (Å²) in [6, 6.07) is 0.226. The molecule has 0 radical (unpaired) electrons. The van der Waals surface area contributed by atoms with Crippen molar-refractivity contribution in [3.8, 4) is 0 Å². The molecule has 6 heteroatoms. The van der Waals surface area contributed by atoms with Gasteiger partial charge in [-0.1, -0.05) is 6.92 Å². The van der Waals surface area contributed by atoms with Crippen molar-refractivity contribution in [2.24, 2.45) is 0 Å². The summed E-state index contributed by atoms with van der Waals surface area (Å²) in [6.07, 6.45) is 2.73. The Kier molecular flexibility index (Phi) is 4.20. The van der Waals surface area contributed by atoms with Crippen LogP contribution in [-0.2, 0) is 6.42 Å². The van der Waals surface area contributed by atoms with Crippen LogP contribution in [0.2, 0.25) is 0 Å². The number of hydrogen-bond donors (Lipinski definition) is 1. The minimum Gasteiger partial charge on any atom is -0.308 e. The van der Waals surface area contributed by atoms with Crippen LogP contribution >= 0.6 is 23.1 Å². The van der Waals surface area contributed by atoms with Gasteiger partial charge >= 0.3 is 0 Å². The van der Waals surface area contributed by atoms with Crippen LogP contribution in [0, 0.1) is 13.8 Å². The first kappa shape index (κ1) is 12.6. The van der Waals surface area contributed by atoms with E-state index in [2.05, 4.69) is 39.8 Å². The van der Waals surface area contributed by atoms with E-state index in [1.807, 2.05) is 6.20 Å². The van der Waals surface area contributed by atoms with Gasteiger partial charge in [-0.15, -0.1) is 11.3 Å². The van der Waals surface area contributed by atoms with Gasteiger partial charge in [0, 0.05) is 11.3 Å². The minimum atomic E-state index is 0.226. The molecule has 0 spiro atoms. The second-order valence-electron chi connectivity index (χ2n) is 3.90. The first-order valence-electron chi connectivity index (χ1n) is 5.64. The van der Waals surface area contributed by atoms with E-state index in [-0.39, 0.29) is 6.04 Å². The average molecular weight is 268 g/mol. The molecule has 1 atom stereocenters. The zero-order valence-electron chi connectivity index (χ0n) is 10.2. The van der Waals surface area contributed by atoms with Gasteiger partial charge in [-0.2, -0.15) is 8.75 Å². The zero-order chi connectivity index (χ0) is 12.3. The van der Waals surface area contributed by atoms with Crippen molar-refractivity contribution >= 4 is 23.1 Å². The van der Waals surface area contributed by atoms with E-state index in [1.165, 1.54) is 21.6 Å². The molecule has 0 aliphatic carbocycles. The van der Waals surface area contributed by atoms with E-state index in [4.69, 9.17) is 0 Å². The molecule has 2 rings (SSSR count). The van der Waals surface area contributed by atoms with Crippen molar-refractivity contribution in [2.75, 3.05) is 6.54 Å². The second kappa shape index (κ2) is 5.66. The molecule has 0 saturated carbocycles. The normalized spacial score (nSPS) is 12.9. The van der Waals surface area contributed by atoms with E-state index in [0.29, 0.717) is 0 Å². The van der Waals surface area contributed by atoms with Gasteiger partial charge in [0.15, 0.2) is 0 Å². The second-order valence-corrected chi connectivity index (χ2v) is 5.74. The first-order chi connectivity index (χ1) is 8.20. The SMILES string of the molecule is CCNC(Cc1nc(C)c(C)s1)c1cnsn1. The van der Waals surface area contributed by atoms with Crippen LogP contribution in [0.5, 0.6) is 0 Å². The van der Waals surface area contributed by atoms with Gasteiger partial charge in [0.25, 0.3) is 0 Å². The Morgan fingerprint density at radius 3 is 2.76 bits per heavy atom. The van der Waals surface area contributed by atoms with E-state index in [9.17, 15) is 0 Å². The van der Waals surface area contributed by atoms with Gasteiger partial charge in [0.05, 0.1) is 40.4 Å². The first-order valence-corrected chi connectivity index (χ1v) is 7.19. The molecule has 4 nitrogen and oxygen atoms in total. The number of aryl methyl sites for hydroxylation is 2. The Bertz CT molecular complexity index is 444. The van der Waals surface area contributed by atoms with Gasteiger partial charge in [-0.05, 0) is 20.4 Å². The summed E-state index contributed by atoms with van der Waals surface area (Å²) in [4.78, 5) is 5.87. The molecule has 0 aliphatic heterocycles. The predicted molar refractivity (Wildman–Crippen MR) is 71.6 cm³/mol. The molecule has 0 fully saturated rings. The van der Waals surface area contributed by atoms with Gasteiger partial charge in [-0.25, -0.2) is 4.98 Å². The highest BCUT2D eigenvalue weighted by Gasteiger charge is 2.16. The van der Waals surface area contributed by atoms with Crippen molar-refractivity contribution in [1.82, 2.24) is 19.0 Å². The molecule has 92 valence electrons. The van der Waals surface area contributed by atoms with Crippen molar-refractivity contribution in [3.05, 3.63) is 27.5 Å². The van der Waals surface area contributed by atoms with Gasteiger partial charge in [0.2, 0.25) is 0 Å². The maximum atomic E-state index is 4.58. The van der Waals surface area contributed by atoms with Crippen molar-refractivity contribution in [2.45, 2.75) is 33.2 Å². The molecule has 1 N–H and O–H groups in total. The zero-order valence-corrected chi connectivity index (χ0v) is 11.9. The molecule has 17 heavy (non-hydrogen) atoms. The van der Waals surface area contributed by atoms with Crippen LogP contribution in [0.15, 0.2) is 6.20 Å². The van der Waals surface area contributed by atoms with Crippen molar-refractivity contribution in [1.29, 1.82) is 0 Å². The summed E-state index contributed by atoms with van der Waals surface area (Å²) in [5.74, 6) is 0. The lowest BCUT2D eigenvalue weighted by Crippen LogP contribution is -2.23. The standard InChI is InChI=1S/C11H16N4S2/c1-4-12-9(10-6-13-17-15-10)5-11-14-7(2)8(3)16-11/h6,9,12H,4-5H2,1-3H3. The molecule has 2 aromatic rings. The van der Waals surface area contributed by atoms with Gasteiger partial charge in [-0.3, -0.25) is 0 Å². The van der Waals surface area contributed by atoms with Crippen LogP contribution in [-0.4, -0.2) is 20.3 Å². The number of nitrogens with zero attached hydrogens (tertiary/aromatic N) is 3. The number of nitrogens with one attached hydrogen (secondary N) is 1. The van der Waals surface area contributed by atoms with Crippen LogP contribution in [0.1, 0.15) is 34.2 Å². The van der Waals surface area contributed by atoms with E-state index in [0.717, 1.165) is 24.4 Å². The highest BCUT2D eigenvalue weighted by Crippen LogP contribution is 2.22. The topological polar surface area (TPSA) is 50.7 Å². The van der Waals surface area contributed by atoms with Gasteiger partial charge in [0.1, 0.15) is 0 Å². The fraction of sp³-hybridized carbons (Fsp3) is 0.545. The molecule has 2 aromatic heterocycles. The Hall–Kier alpha value is -0.850. The number of aromatic nitrogens is 3. The Morgan fingerprint density at radius 2 is 2.24 bits per heavy atom. The summed E-state index contributed by atoms with van der Waals surface area (Å²) in [6.45, 7) is 7.20. The smallest absolute Gasteiger partial charge is 0.0950 e. The number of thiazole rings is 1. The van der Waals surface area contributed by atoms with Crippen LogP contribution in [0.4, 0.5) is 0 Å². The summed E-state index contributed by atoms with van der Waals surface area (Å²) in [7, 11) is 0. The summed E-state index contributed by atoms with van der Waals surface area (Å²) in [5, 5.41) is 4.60. The fourth-order valence-corrected chi connectivity index (χ4v) is 3.10. The maximum absolute atomic E-state index is 4.58. The number of likely N-dealkylation sites (N-methyl/N-ethyl adjacent to an activating group) is 1. The average Bonchev–Trinajstić information content (AvgIpc) is 2.89. The number of rotatable bonds is 5. The van der Waals surface area contributed by atoms with Crippen LogP contribution in [0.25, 0.3) is 0 Å². The maximum Gasteiger partial charge on any atom is 0.0950 e. The third-order valence-corrected chi connectivity index (χ3v) is 4.22. The Labute approximate surface area is 109 Å². The monoisotopic (exact) mass is 268 g/mol. The lowest BCUT2D eigenvalue weighted by Gasteiger charge is -2.13. The predicted octanol–water partition coefficient (Wildman–Crippen LogP) is 2.50. The van der Waals surface area contributed by atoms with Crippen LogP contribution in [0.3, 0.4) is 0 Å². The minimum absolute atomic E-state index is 0.226.